The molecule has 0 bridgehead atoms. The molecular formula is C24H30F2N4O3. The minimum absolute atomic E-state index is 0.00806. The summed E-state index contributed by atoms with van der Waals surface area (Å²) in [6, 6.07) is 6.97. The van der Waals surface area contributed by atoms with E-state index in [9.17, 15) is 18.4 Å². The zero-order chi connectivity index (χ0) is 23.8. The first-order valence-corrected chi connectivity index (χ1v) is 11.0. The molecule has 1 aliphatic heterocycles. The number of amides is 2. The Bertz CT molecular complexity index is 935. The van der Waals surface area contributed by atoms with Gasteiger partial charge in [-0.15, -0.1) is 0 Å². The summed E-state index contributed by atoms with van der Waals surface area (Å²) in [7, 11) is 3.31. The van der Waals surface area contributed by atoms with Crippen LogP contribution >= 0.6 is 0 Å². The smallest absolute Gasteiger partial charge is 0.223 e. The largest absolute Gasteiger partial charge is 0.481 e. The highest BCUT2D eigenvalue weighted by atomic mass is 19.1. The fourth-order valence-corrected chi connectivity index (χ4v) is 3.94. The normalized spacial score (nSPS) is 19.4. The fraction of sp³-hybridized carbons (Fsp3) is 0.458. The van der Waals surface area contributed by atoms with Gasteiger partial charge in [0.05, 0.1) is 7.11 Å². The fourth-order valence-electron chi connectivity index (χ4n) is 3.94. The highest BCUT2D eigenvalue weighted by molar-refractivity contribution is 5.85. The highest BCUT2D eigenvalue weighted by Crippen LogP contribution is 2.19. The molecule has 0 radical (unpaired) electrons. The first kappa shape index (κ1) is 24.6. The third-order valence-electron chi connectivity index (χ3n) is 5.81. The molecule has 1 aromatic carbocycles. The Morgan fingerprint density at radius 1 is 1.15 bits per heavy atom. The number of hydrogen-bond acceptors (Lipinski definition) is 5. The quantitative estimate of drug-likeness (QED) is 0.664. The van der Waals surface area contributed by atoms with Crippen molar-refractivity contribution in [2.45, 2.75) is 44.8 Å². The van der Waals surface area contributed by atoms with Gasteiger partial charge in [0.15, 0.2) is 0 Å². The van der Waals surface area contributed by atoms with Gasteiger partial charge in [-0.05, 0) is 36.1 Å². The van der Waals surface area contributed by atoms with Crippen molar-refractivity contribution in [3.8, 4) is 5.88 Å². The number of rotatable bonds is 7. The van der Waals surface area contributed by atoms with E-state index in [1.165, 1.54) is 12.1 Å². The van der Waals surface area contributed by atoms with Gasteiger partial charge in [-0.25, -0.2) is 13.8 Å². The molecule has 178 valence electrons. The molecular weight excluding hydrogens is 430 g/mol. The predicted molar refractivity (Wildman–Crippen MR) is 119 cm³/mol. The van der Waals surface area contributed by atoms with Gasteiger partial charge in [0.25, 0.3) is 0 Å². The van der Waals surface area contributed by atoms with Crippen LogP contribution in [-0.2, 0) is 22.7 Å². The Hall–Kier alpha value is -3.07. The van der Waals surface area contributed by atoms with E-state index in [1.54, 1.807) is 31.3 Å². The number of halogens is 2. The van der Waals surface area contributed by atoms with Crippen LogP contribution in [0.25, 0.3) is 0 Å². The van der Waals surface area contributed by atoms with E-state index < -0.39 is 17.6 Å². The number of benzene rings is 1. The first-order valence-electron chi connectivity index (χ1n) is 11.0. The summed E-state index contributed by atoms with van der Waals surface area (Å²) in [6.45, 7) is 1.16. The van der Waals surface area contributed by atoms with Crippen molar-refractivity contribution in [3.63, 3.8) is 0 Å². The summed E-state index contributed by atoms with van der Waals surface area (Å²) in [6.07, 6.45) is 3.99. The van der Waals surface area contributed by atoms with Crippen LogP contribution in [0.4, 0.5) is 8.78 Å². The number of likely N-dealkylation sites (N-methyl/N-ethyl adjacent to an activating group) is 1. The van der Waals surface area contributed by atoms with E-state index in [2.05, 4.69) is 15.6 Å². The van der Waals surface area contributed by atoms with Gasteiger partial charge < -0.3 is 20.3 Å². The van der Waals surface area contributed by atoms with Crippen LogP contribution in [0.3, 0.4) is 0 Å². The maximum atomic E-state index is 13.4. The second-order valence-corrected chi connectivity index (χ2v) is 8.39. The van der Waals surface area contributed by atoms with E-state index in [0.29, 0.717) is 31.0 Å². The zero-order valence-electron chi connectivity index (χ0n) is 18.9. The minimum Gasteiger partial charge on any atom is -0.481 e. The molecule has 2 N–H and O–H groups in total. The van der Waals surface area contributed by atoms with Crippen molar-refractivity contribution < 1.29 is 23.1 Å². The van der Waals surface area contributed by atoms with E-state index in [-0.39, 0.29) is 30.8 Å². The SMILES string of the molecule is COc1ccc(CN[C@@H]2CCC[C@@H](C(=O)NCc3cc(F)cc(F)c3)CC(=O)N(C)C2)cn1. The average Bonchev–Trinajstić information content (AvgIpc) is 2.85. The highest BCUT2D eigenvalue weighted by Gasteiger charge is 2.27. The molecule has 33 heavy (non-hydrogen) atoms. The Morgan fingerprint density at radius 3 is 2.58 bits per heavy atom. The summed E-state index contributed by atoms with van der Waals surface area (Å²) in [4.78, 5) is 31.2. The number of pyridine rings is 1. The Kier molecular flexibility index (Phi) is 8.71. The van der Waals surface area contributed by atoms with Gasteiger partial charge >= 0.3 is 0 Å². The van der Waals surface area contributed by atoms with Gasteiger partial charge in [0.2, 0.25) is 17.7 Å². The number of nitrogens with one attached hydrogen (secondary N) is 2. The molecule has 2 aromatic rings. The van der Waals surface area contributed by atoms with E-state index >= 15 is 0 Å². The molecule has 1 fully saturated rings. The van der Waals surface area contributed by atoms with Crippen molar-refractivity contribution in [3.05, 3.63) is 59.3 Å². The Balaban J connectivity index is 1.54. The second kappa shape index (κ2) is 11.7. The lowest BCUT2D eigenvalue weighted by molar-refractivity contribution is -0.135. The van der Waals surface area contributed by atoms with Crippen LogP contribution in [0, 0.1) is 17.6 Å². The molecule has 0 saturated carbocycles. The van der Waals surface area contributed by atoms with Gasteiger partial charge in [-0.2, -0.15) is 0 Å². The van der Waals surface area contributed by atoms with E-state index in [0.717, 1.165) is 24.5 Å². The van der Waals surface area contributed by atoms with E-state index in [4.69, 9.17) is 4.74 Å². The van der Waals surface area contributed by atoms with Gasteiger partial charge in [-0.3, -0.25) is 9.59 Å². The Labute approximate surface area is 192 Å². The molecule has 0 aliphatic carbocycles. The third kappa shape index (κ3) is 7.49. The predicted octanol–water partition coefficient (Wildman–Crippen LogP) is 2.79. The van der Waals surface area contributed by atoms with Crippen molar-refractivity contribution in [2.24, 2.45) is 5.92 Å². The van der Waals surface area contributed by atoms with Crippen molar-refractivity contribution in [2.75, 3.05) is 20.7 Å². The number of nitrogens with zero attached hydrogens (tertiary/aromatic N) is 2. The number of ether oxygens (including phenoxy) is 1. The molecule has 7 nitrogen and oxygen atoms in total. The maximum Gasteiger partial charge on any atom is 0.223 e. The van der Waals surface area contributed by atoms with Crippen LogP contribution in [0.15, 0.2) is 36.5 Å². The summed E-state index contributed by atoms with van der Waals surface area (Å²) >= 11 is 0. The monoisotopic (exact) mass is 460 g/mol. The molecule has 2 heterocycles. The zero-order valence-corrected chi connectivity index (χ0v) is 18.9. The molecule has 1 aliphatic rings. The molecule has 9 heteroatoms. The number of aromatic nitrogens is 1. The standard InChI is InChI=1S/C24H30F2N4O3/c1-30-15-21(27-12-16-6-7-22(33-2)28-13-16)5-3-4-18(10-23(30)31)24(32)29-14-17-8-19(25)11-20(26)9-17/h6-9,11,13,18,21,27H,3-5,10,12,14-15H2,1-2H3,(H,29,32)/t18-,21-/m1/s1. The molecule has 1 aromatic heterocycles. The topological polar surface area (TPSA) is 83.6 Å². The summed E-state index contributed by atoms with van der Waals surface area (Å²) in [5.74, 6) is -1.70. The van der Waals surface area contributed by atoms with Crippen LogP contribution < -0.4 is 15.4 Å². The Morgan fingerprint density at radius 2 is 1.91 bits per heavy atom. The lowest BCUT2D eigenvalue weighted by Crippen LogP contribution is -2.41. The molecule has 2 atom stereocenters. The van der Waals surface area contributed by atoms with Gasteiger partial charge in [-0.1, -0.05) is 12.5 Å². The summed E-state index contributed by atoms with van der Waals surface area (Å²) < 4.78 is 31.8. The number of carbonyl (C=O) groups excluding carboxylic acids is 2. The molecule has 0 unspecified atom stereocenters. The maximum absolute atomic E-state index is 13.4. The van der Waals surface area contributed by atoms with Crippen LogP contribution in [0.5, 0.6) is 5.88 Å². The summed E-state index contributed by atoms with van der Waals surface area (Å²) in [5.41, 5.74) is 1.35. The lowest BCUT2D eigenvalue weighted by atomic mass is 9.96. The van der Waals surface area contributed by atoms with Crippen molar-refractivity contribution in [1.29, 1.82) is 0 Å². The molecule has 0 spiro atoms. The van der Waals surface area contributed by atoms with E-state index in [1.807, 2.05) is 6.07 Å². The molecule has 2 amide bonds. The van der Waals surface area contributed by atoms with Crippen LogP contribution in [-0.4, -0.2) is 48.4 Å². The second-order valence-electron chi connectivity index (χ2n) is 8.39. The van der Waals surface area contributed by atoms with Crippen LogP contribution in [0.2, 0.25) is 0 Å². The first-order chi connectivity index (χ1) is 15.8. The number of methoxy groups -OCH3 is 1. The number of carbonyl (C=O) groups is 2. The minimum atomic E-state index is -0.692. The third-order valence-corrected chi connectivity index (χ3v) is 5.81. The average molecular weight is 461 g/mol. The van der Waals surface area contributed by atoms with Crippen molar-refractivity contribution >= 4 is 11.8 Å². The van der Waals surface area contributed by atoms with Crippen molar-refractivity contribution in [1.82, 2.24) is 20.5 Å². The lowest BCUT2D eigenvalue weighted by Gasteiger charge is -2.24. The van der Waals surface area contributed by atoms with Crippen LogP contribution in [0.1, 0.15) is 36.8 Å². The number of hydrogen-bond donors (Lipinski definition) is 2. The molecule has 3 rings (SSSR count). The van der Waals surface area contributed by atoms with Gasteiger partial charge in [0.1, 0.15) is 11.6 Å². The van der Waals surface area contributed by atoms with Gasteiger partial charge in [0, 0.05) is 63.4 Å². The summed E-state index contributed by atoms with van der Waals surface area (Å²) in [5, 5.41) is 6.20. The molecule has 1 saturated heterocycles.